The van der Waals surface area contributed by atoms with Crippen molar-refractivity contribution >= 4 is 55.3 Å². The molecule has 0 spiro atoms. The van der Waals surface area contributed by atoms with Gasteiger partial charge in [-0.3, -0.25) is 9.44 Å². The Morgan fingerprint density at radius 3 is 1.12 bits per heavy atom. The van der Waals surface area contributed by atoms with Gasteiger partial charge in [0.1, 0.15) is 33.8 Å². The molecule has 0 heterocycles. The standard InChI is InChI=1S/C29H22N2O16S2.Na/c32-22-3-1-14(10-16(22)26(36)37)48(44,45)30-20-8-12(6-18(24(20)34)28(40)41)5-13-7-19(29(42)43)25(35)21(9-13)31-49(46,47)15-2-4-23(33)17(11-15)27(38)39;/h1-4,6-11,30-35H,5H2,(H,36,37)(H,38,39)(H,40,41)(H,42,43);/q;+1. The number of nitrogens with one attached hydrogen (secondary N) is 2. The van der Waals surface area contributed by atoms with Gasteiger partial charge in [0, 0.05) is 0 Å². The van der Waals surface area contributed by atoms with E-state index in [2.05, 4.69) is 0 Å². The summed E-state index contributed by atoms with van der Waals surface area (Å²) in [6, 6.07) is 8.09. The van der Waals surface area contributed by atoms with Crippen LogP contribution in [0.4, 0.5) is 11.4 Å². The molecule has 4 aromatic rings. The van der Waals surface area contributed by atoms with Gasteiger partial charge < -0.3 is 40.9 Å². The van der Waals surface area contributed by atoms with Crippen LogP contribution in [0.1, 0.15) is 52.6 Å². The Hall–Kier alpha value is -5.54. The molecule has 4 aromatic carbocycles. The van der Waals surface area contributed by atoms with Crippen LogP contribution in [0.25, 0.3) is 0 Å². The minimum Gasteiger partial charge on any atom is -0.507 e. The third-order valence-electron chi connectivity index (χ3n) is 6.71. The van der Waals surface area contributed by atoms with Gasteiger partial charge in [-0.1, -0.05) is 0 Å². The normalized spacial score (nSPS) is 11.2. The van der Waals surface area contributed by atoms with Crippen molar-refractivity contribution in [3.63, 3.8) is 0 Å². The molecule has 0 radical (unpaired) electrons. The van der Waals surface area contributed by atoms with E-state index < -0.39 is 117 Å². The number of carboxylic acids is 4. The smallest absolute Gasteiger partial charge is 0.507 e. The second-order valence-electron chi connectivity index (χ2n) is 10.0. The van der Waals surface area contributed by atoms with Gasteiger partial charge in [-0.25, -0.2) is 36.0 Å². The van der Waals surface area contributed by atoms with Gasteiger partial charge in [0.25, 0.3) is 20.0 Å². The van der Waals surface area contributed by atoms with Crippen LogP contribution in [0.5, 0.6) is 23.0 Å². The zero-order valence-electron chi connectivity index (χ0n) is 25.1. The maximum Gasteiger partial charge on any atom is 1.00 e. The molecule has 0 saturated heterocycles. The first kappa shape index (κ1) is 38.9. The molecule has 0 bridgehead atoms. The van der Waals surface area contributed by atoms with Crippen molar-refractivity contribution in [2.24, 2.45) is 0 Å². The number of rotatable bonds is 12. The minimum absolute atomic E-state index is 0. The van der Waals surface area contributed by atoms with Gasteiger partial charge in [-0.15, -0.1) is 0 Å². The third-order valence-corrected chi connectivity index (χ3v) is 9.44. The fourth-order valence-electron chi connectivity index (χ4n) is 4.42. The Morgan fingerprint density at radius 1 is 0.500 bits per heavy atom. The van der Waals surface area contributed by atoms with E-state index in [9.17, 15) is 76.9 Å². The van der Waals surface area contributed by atoms with Crippen molar-refractivity contribution in [3.8, 4) is 23.0 Å². The van der Waals surface area contributed by atoms with Crippen molar-refractivity contribution in [1.82, 2.24) is 0 Å². The predicted octanol–water partition coefficient (Wildman–Crippen LogP) is -0.502. The van der Waals surface area contributed by atoms with Gasteiger partial charge in [0.2, 0.25) is 0 Å². The summed E-state index contributed by atoms with van der Waals surface area (Å²) >= 11 is 0. The van der Waals surface area contributed by atoms with E-state index in [1.54, 1.807) is 0 Å². The van der Waals surface area contributed by atoms with Crippen LogP contribution < -0.4 is 39.0 Å². The molecule has 50 heavy (non-hydrogen) atoms. The zero-order chi connectivity index (χ0) is 36.6. The summed E-state index contributed by atoms with van der Waals surface area (Å²) < 4.78 is 56.1. The second kappa shape index (κ2) is 14.5. The molecular weight excluding hydrogens is 719 g/mol. The number of carboxylic acid groups (broad SMARTS) is 4. The van der Waals surface area contributed by atoms with E-state index in [0.29, 0.717) is 12.1 Å². The Balaban J connectivity index is 0.00000676. The molecule has 256 valence electrons. The number of benzene rings is 4. The van der Waals surface area contributed by atoms with E-state index in [1.807, 2.05) is 9.44 Å². The SMILES string of the molecule is O=C(O)c1cc(S(=O)(=O)Nc2cc(Cc3cc(NS(=O)(=O)c4ccc(O)c(C(=O)O)c4)c(O)c(C(=O)O)c3)cc(C(=O)O)c2O)ccc1O.[Na+]. The molecule has 0 aromatic heterocycles. The molecular formula is C29H22N2NaO16S2+. The van der Waals surface area contributed by atoms with E-state index in [-0.39, 0.29) is 40.7 Å². The van der Waals surface area contributed by atoms with Gasteiger partial charge in [0.05, 0.1) is 21.2 Å². The fourth-order valence-corrected chi connectivity index (χ4v) is 6.59. The van der Waals surface area contributed by atoms with E-state index in [4.69, 9.17) is 0 Å². The number of carbonyl (C=O) groups is 4. The summed E-state index contributed by atoms with van der Waals surface area (Å²) in [5.74, 6) is -10.5. The van der Waals surface area contributed by atoms with Gasteiger partial charge in [0.15, 0.2) is 11.5 Å². The van der Waals surface area contributed by atoms with Gasteiger partial charge in [-0.05, 0) is 78.2 Å². The average Bonchev–Trinajstić information content (AvgIpc) is 2.99. The maximum absolute atomic E-state index is 13.1. The minimum atomic E-state index is -4.75. The van der Waals surface area contributed by atoms with Crippen molar-refractivity contribution in [2.75, 3.05) is 9.44 Å². The monoisotopic (exact) mass is 741 g/mol. The molecule has 18 nitrogen and oxygen atoms in total. The average molecular weight is 742 g/mol. The first-order valence-electron chi connectivity index (χ1n) is 13.1. The number of phenols is 4. The summed E-state index contributed by atoms with van der Waals surface area (Å²) in [7, 11) is -9.49. The zero-order valence-corrected chi connectivity index (χ0v) is 28.8. The second-order valence-corrected chi connectivity index (χ2v) is 13.4. The summed E-state index contributed by atoms with van der Waals surface area (Å²) in [4.78, 5) is 45.2. The molecule has 21 heteroatoms. The topological polar surface area (TPSA) is 322 Å². The van der Waals surface area contributed by atoms with Gasteiger partial charge >= 0.3 is 53.4 Å². The van der Waals surface area contributed by atoms with Crippen molar-refractivity contribution in [1.29, 1.82) is 0 Å². The maximum atomic E-state index is 13.1. The van der Waals surface area contributed by atoms with Crippen molar-refractivity contribution < 1.29 is 106 Å². The molecule has 0 atom stereocenters. The van der Waals surface area contributed by atoms with Crippen LogP contribution in [0.3, 0.4) is 0 Å². The predicted molar refractivity (Wildman–Crippen MR) is 165 cm³/mol. The Labute approximate surface area is 302 Å². The van der Waals surface area contributed by atoms with Crippen LogP contribution >= 0.6 is 0 Å². The first-order chi connectivity index (χ1) is 22.7. The van der Waals surface area contributed by atoms with Crippen LogP contribution in [-0.2, 0) is 26.5 Å². The Morgan fingerprint density at radius 2 is 0.820 bits per heavy atom. The van der Waals surface area contributed by atoms with Crippen molar-refractivity contribution in [3.05, 3.63) is 94.0 Å². The molecule has 0 aliphatic heterocycles. The summed E-state index contributed by atoms with van der Waals surface area (Å²) in [5, 5.41) is 78.3. The van der Waals surface area contributed by atoms with E-state index in [1.165, 1.54) is 0 Å². The van der Waals surface area contributed by atoms with Crippen LogP contribution in [0.2, 0.25) is 0 Å². The largest absolute Gasteiger partial charge is 1.00 e. The molecule has 0 fully saturated rings. The Bertz CT molecular complexity index is 2150. The molecule has 0 saturated carbocycles. The number of hydrogen-bond acceptors (Lipinski definition) is 12. The fraction of sp³-hybridized carbons (Fsp3) is 0.0345. The first-order valence-corrected chi connectivity index (χ1v) is 16.0. The molecule has 0 aliphatic rings. The summed E-state index contributed by atoms with van der Waals surface area (Å²) in [6.07, 6.45) is -0.477. The van der Waals surface area contributed by atoms with E-state index >= 15 is 0 Å². The number of sulfonamides is 2. The van der Waals surface area contributed by atoms with Crippen molar-refractivity contribution in [2.45, 2.75) is 16.2 Å². The molecule has 0 unspecified atom stereocenters. The number of anilines is 2. The summed E-state index contributed by atoms with van der Waals surface area (Å²) in [6.45, 7) is 0. The molecule has 0 aliphatic carbocycles. The molecule has 4 rings (SSSR count). The number of hydrogen-bond donors (Lipinski definition) is 10. The number of aromatic carboxylic acids is 4. The number of aromatic hydroxyl groups is 4. The molecule has 10 N–H and O–H groups in total. The van der Waals surface area contributed by atoms with Crippen LogP contribution in [0.15, 0.2) is 70.5 Å². The van der Waals surface area contributed by atoms with Gasteiger partial charge in [-0.2, -0.15) is 0 Å². The third kappa shape index (κ3) is 8.18. The van der Waals surface area contributed by atoms with Crippen LogP contribution in [-0.4, -0.2) is 81.6 Å². The quantitative estimate of drug-likeness (QED) is 0.0646. The van der Waals surface area contributed by atoms with E-state index in [0.717, 1.165) is 48.5 Å². The van der Waals surface area contributed by atoms with Crippen LogP contribution in [0, 0.1) is 0 Å². The molecule has 0 amide bonds. The summed E-state index contributed by atoms with van der Waals surface area (Å²) in [5.41, 5.74) is -4.91. The Kier molecular flexibility index (Phi) is 11.3.